The lowest BCUT2D eigenvalue weighted by Gasteiger charge is -2.19. The van der Waals surface area contributed by atoms with Crippen molar-refractivity contribution in [2.24, 2.45) is 0 Å². The van der Waals surface area contributed by atoms with Crippen LogP contribution in [0.5, 0.6) is 5.75 Å². The molecule has 0 unspecified atom stereocenters. The molecule has 110 valence electrons. The van der Waals surface area contributed by atoms with E-state index in [2.05, 4.69) is 0 Å². The Labute approximate surface area is 119 Å². The van der Waals surface area contributed by atoms with Crippen molar-refractivity contribution in [1.29, 1.82) is 0 Å². The molecule has 0 bridgehead atoms. The molecule has 0 aliphatic carbocycles. The van der Waals surface area contributed by atoms with Crippen molar-refractivity contribution in [3.8, 4) is 5.75 Å². The Balaban J connectivity index is 2.34. The third-order valence-corrected chi connectivity index (χ3v) is 2.74. The van der Waals surface area contributed by atoms with E-state index in [4.69, 9.17) is 10.5 Å². The fourth-order valence-corrected chi connectivity index (χ4v) is 1.48. The number of nitrogen functional groups attached to an aromatic ring is 1. The molecule has 0 saturated carbocycles. The number of benzene rings is 1. The Hall–Kier alpha value is -2.24. The average Bonchev–Trinajstić information content (AvgIpc) is 2.38. The summed E-state index contributed by atoms with van der Waals surface area (Å²) < 4.78 is 5.44. The zero-order chi connectivity index (χ0) is 15.1. The van der Waals surface area contributed by atoms with Crippen molar-refractivity contribution in [3.05, 3.63) is 24.3 Å². The van der Waals surface area contributed by atoms with Crippen LogP contribution >= 0.6 is 0 Å². The second-order valence-electron chi connectivity index (χ2n) is 4.71. The number of likely N-dealkylation sites (N-methyl/N-ethyl adjacent to an activating group) is 2. The van der Waals surface area contributed by atoms with Crippen molar-refractivity contribution in [1.82, 2.24) is 9.80 Å². The number of carbonyl (C=O) groups excluding carboxylic acids is 2. The molecule has 2 amide bonds. The predicted molar refractivity (Wildman–Crippen MR) is 77.3 cm³/mol. The van der Waals surface area contributed by atoms with Gasteiger partial charge >= 0.3 is 0 Å². The number of nitrogens with two attached hydrogens (primary N) is 1. The summed E-state index contributed by atoms with van der Waals surface area (Å²) in [5.74, 6) is 0.381. The van der Waals surface area contributed by atoms with Crippen LogP contribution in [0.2, 0.25) is 0 Å². The first-order chi connectivity index (χ1) is 9.40. The lowest BCUT2D eigenvalue weighted by atomic mass is 10.3. The fourth-order valence-electron chi connectivity index (χ4n) is 1.48. The minimum atomic E-state index is -0.135. The van der Waals surface area contributed by atoms with Crippen LogP contribution in [0.1, 0.15) is 6.42 Å². The molecule has 0 atom stereocenters. The third-order valence-electron chi connectivity index (χ3n) is 2.74. The molecule has 0 fully saturated rings. The highest BCUT2D eigenvalue weighted by atomic mass is 16.5. The highest BCUT2D eigenvalue weighted by Gasteiger charge is 2.13. The normalized spacial score (nSPS) is 9.95. The van der Waals surface area contributed by atoms with Crippen LogP contribution in [0.25, 0.3) is 0 Å². The van der Waals surface area contributed by atoms with Crippen LogP contribution in [0.15, 0.2) is 24.3 Å². The maximum absolute atomic E-state index is 11.8. The van der Waals surface area contributed by atoms with E-state index in [1.165, 1.54) is 9.80 Å². The molecule has 2 N–H and O–H groups in total. The maximum atomic E-state index is 11.8. The van der Waals surface area contributed by atoms with Crippen molar-refractivity contribution in [2.75, 3.05) is 40.0 Å². The van der Waals surface area contributed by atoms with Gasteiger partial charge in [-0.25, -0.2) is 0 Å². The van der Waals surface area contributed by atoms with Gasteiger partial charge in [0.15, 0.2) is 0 Å². The molecule has 1 aromatic carbocycles. The Morgan fingerprint density at radius 3 is 2.50 bits per heavy atom. The first-order valence-corrected chi connectivity index (χ1v) is 6.32. The monoisotopic (exact) mass is 279 g/mol. The molecule has 0 spiro atoms. The first-order valence-electron chi connectivity index (χ1n) is 6.32. The summed E-state index contributed by atoms with van der Waals surface area (Å²) in [6.45, 7) is 0.326. The molecule has 1 rings (SSSR count). The third kappa shape index (κ3) is 5.17. The standard InChI is InChI=1S/C14H21N3O3/c1-16(2)14(19)10-17(3)13(18)7-8-20-12-6-4-5-11(15)9-12/h4-6,9H,7-8,10,15H2,1-3H3. The molecule has 0 aliphatic heterocycles. The van der Waals surface area contributed by atoms with Gasteiger partial charge in [-0.05, 0) is 12.1 Å². The zero-order valence-electron chi connectivity index (χ0n) is 12.1. The number of amides is 2. The van der Waals surface area contributed by atoms with Crippen molar-refractivity contribution >= 4 is 17.5 Å². The van der Waals surface area contributed by atoms with E-state index in [1.807, 2.05) is 0 Å². The minimum absolute atomic E-state index is 0.0735. The van der Waals surface area contributed by atoms with Gasteiger partial charge in [-0.3, -0.25) is 9.59 Å². The fraction of sp³-hybridized carbons (Fsp3) is 0.429. The number of ether oxygens (including phenoxy) is 1. The number of hydrogen-bond acceptors (Lipinski definition) is 4. The molecule has 6 heteroatoms. The van der Waals surface area contributed by atoms with E-state index in [0.717, 1.165) is 0 Å². The molecular formula is C14H21N3O3. The quantitative estimate of drug-likeness (QED) is 0.773. The second-order valence-corrected chi connectivity index (χ2v) is 4.71. The lowest BCUT2D eigenvalue weighted by molar-refractivity contribution is -0.138. The van der Waals surface area contributed by atoms with Crippen LogP contribution < -0.4 is 10.5 Å². The smallest absolute Gasteiger partial charge is 0.241 e. The summed E-state index contributed by atoms with van der Waals surface area (Å²) in [4.78, 5) is 26.1. The highest BCUT2D eigenvalue weighted by molar-refractivity contribution is 5.84. The van der Waals surface area contributed by atoms with E-state index in [1.54, 1.807) is 45.4 Å². The van der Waals surface area contributed by atoms with Crippen LogP contribution in [0.4, 0.5) is 5.69 Å². The molecule has 0 aliphatic rings. The molecule has 0 heterocycles. The van der Waals surface area contributed by atoms with Crippen LogP contribution in [0.3, 0.4) is 0 Å². The summed E-state index contributed by atoms with van der Waals surface area (Å²) in [5.41, 5.74) is 6.24. The van der Waals surface area contributed by atoms with Gasteiger partial charge in [0.1, 0.15) is 5.75 Å². The van der Waals surface area contributed by atoms with Gasteiger partial charge in [0.05, 0.1) is 19.6 Å². The largest absolute Gasteiger partial charge is 0.493 e. The number of rotatable bonds is 6. The lowest BCUT2D eigenvalue weighted by Crippen LogP contribution is -2.38. The van der Waals surface area contributed by atoms with E-state index in [0.29, 0.717) is 11.4 Å². The number of carbonyl (C=O) groups is 2. The molecule has 0 saturated heterocycles. The number of hydrogen-bond donors (Lipinski definition) is 1. The first kappa shape index (κ1) is 15.8. The van der Waals surface area contributed by atoms with Gasteiger partial charge in [0.2, 0.25) is 11.8 Å². The van der Waals surface area contributed by atoms with E-state index in [9.17, 15) is 9.59 Å². The predicted octanol–water partition coefficient (Wildman–Crippen LogP) is 0.584. The molecule has 1 aromatic rings. The van der Waals surface area contributed by atoms with Crippen molar-refractivity contribution in [3.63, 3.8) is 0 Å². The Kier molecular flexibility index (Phi) is 5.83. The van der Waals surface area contributed by atoms with Gasteiger partial charge in [-0.2, -0.15) is 0 Å². The molecule has 20 heavy (non-hydrogen) atoms. The molecule has 0 radical (unpaired) electrons. The van der Waals surface area contributed by atoms with E-state index < -0.39 is 0 Å². The maximum Gasteiger partial charge on any atom is 0.241 e. The van der Waals surface area contributed by atoms with Gasteiger partial charge in [-0.1, -0.05) is 6.07 Å². The molecule has 0 aromatic heterocycles. The highest BCUT2D eigenvalue weighted by Crippen LogP contribution is 2.14. The zero-order valence-corrected chi connectivity index (χ0v) is 12.1. The number of anilines is 1. The van der Waals surface area contributed by atoms with E-state index >= 15 is 0 Å². The second kappa shape index (κ2) is 7.37. The summed E-state index contributed by atoms with van der Waals surface area (Å²) in [5, 5.41) is 0. The SMILES string of the molecule is CN(C)C(=O)CN(C)C(=O)CCOc1cccc(N)c1. The van der Waals surface area contributed by atoms with Gasteiger partial charge in [-0.15, -0.1) is 0 Å². The van der Waals surface area contributed by atoms with Crippen LogP contribution in [-0.4, -0.2) is 55.9 Å². The Bertz CT molecular complexity index is 474. The van der Waals surface area contributed by atoms with E-state index in [-0.39, 0.29) is 31.4 Å². The minimum Gasteiger partial charge on any atom is -0.493 e. The van der Waals surface area contributed by atoms with Gasteiger partial charge < -0.3 is 20.3 Å². The van der Waals surface area contributed by atoms with Crippen molar-refractivity contribution < 1.29 is 14.3 Å². The van der Waals surface area contributed by atoms with Crippen LogP contribution in [0, 0.1) is 0 Å². The average molecular weight is 279 g/mol. The summed E-state index contributed by atoms with van der Waals surface area (Å²) >= 11 is 0. The van der Waals surface area contributed by atoms with Crippen LogP contribution in [-0.2, 0) is 9.59 Å². The Morgan fingerprint density at radius 2 is 1.90 bits per heavy atom. The van der Waals surface area contributed by atoms with Gasteiger partial charge in [0.25, 0.3) is 0 Å². The Morgan fingerprint density at radius 1 is 1.20 bits per heavy atom. The topological polar surface area (TPSA) is 75.9 Å². The van der Waals surface area contributed by atoms with Crippen molar-refractivity contribution in [2.45, 2.75) is 6.42 Å². The molecular weight excluding hydrogens is 258 g/mol. The summed E-state index contributed by atoms with van der Waals surface area (Å²) in [7, 11) is 4.91. The number of nitrogens with zero attached hydrogens (tertiary/aromatic N) is 2. The molecule has 6 nitrogen and oxygen atoms in total. The summed E-state index contributed by atoms with van der Waals surface area (Å²) in [6.07, 6.45) is 0.214. The summed E-state index contributed by atoms with van der Waals surface area (Å²) in [6, 6.07) is 7.02. The van der Waals surface area contributed by atoms with Gasteiger partial charge in [0, 0.05) is 32.9 Å².